The maximum atomic E-state index is 8.60. The molecule has 130 valence electrons. The van der Waals surface area contributed by atoms with E-state index in [1.165, 1.54) is 19.1 Å². The van der Waals surface area contributed by atoms with Gasteiger partial charge >= 0.3 is 0 Å². The molecule has 1 aliphatic rings. The number of nitrogens with zero attached hydrogens (tertiary/aromatic N) is 2. The predicted molar refractivity (Wildman–Crippen MR) is 98.4 cm³/mol. The molecule has 3 rings (SSSR count). The Morgan fingerprint density at radius 3 is 2.64 bits per heavy atom. The van der Waals surface area contributed by atoms with Gasteiger partial charge in [-0.15, -0.1) is 0 Å². The van der Waals surface area contributed by atoms with Crippen LogP contribution in [0.4, 0.5) is 0 Å². The van der Waals surface area contributed by atoms with E-state index in [1.807, 2.05) is 42.5 Å². The largest absolute Gasteiger partial charge is 0.493 e. The van der Waals surface area contributed by atoms with Crippen LogP contribution in [0.3, 0.4) is 0 Å². The molecule has 0 atom stereocenters. The number of oxime groups is 1. The van der Waals surface area contributed by atoms with E-state index >= 15 is 0 Å². The fourth-order valence-corrected chi connectivity index (χ4v) is 2.95. The van der Waals surface area contributed by atoms with E-state index in [2.05, 4.69) is 10.1 Å². The van der Waals surface area contributed by atoms with Crippen LogP contribution in [0.25, 0.3) is 12.2 Å². The monoisotopic (exact) mass is 338 g/mol. The van der Waals surface area contributed by atoms with Crippen molar-refractivity contribution in [3.8, 4) is 11.5 Å². The van der Waals surface area contributed by atoms with Gasteiger partial charge in [-0.2, -0.15) is 0 Å². The zero-order valence-corrected chi connectivity index (χ0v) is 14.3. The van der Waals surface area contributed by atoms with Crippen molar-refractivity contribution in [2.24, 2.45) is 5.16 Å². The summed E-state index contributed by atoms with van der Waals surface area (Å²) in [6.45, 7) is 0. The average Bonchev–Trinajstić information content (AvgIpc) is 3.14. The molecule has 0 bridgehead atoms. The van der Waals surface area contributed by atoms with Crippen molar-refractivity contribution in [2.45, 2.75) is 31.8 Å². The Labute approximate surface area is 147 Å². The number of hydrogen-bond donors (Lipinski definition) is 1. The smallest absolute Gasteiger partial charge is 0.162 e. The second-order valence-corrected chi connectivity index (χ2v) is 6.00. The van der Waals surface area contributed by atoms with Crippen LogP contribution in [-0.4, -0.2) is 29.6 Å². The number of rotatable bonds is 6. The van der Waals surface area contributed by atoms with Gasteiger partial charge in [0.2, 0.25) is 0 Å². The highest BCUT2D eigenvalue weighted by Gasteiger charge is 2.18. The molecule has 25 heavy (non-hydrogen) atoms. The second kappa shape index (κ2) is 8.33. The first kappa shape index (κ1) is 17.0. The highest BCUT2D eigenvalue weighted by molar-refractivity contribution is 5.77. The summed E-state index contributed by atoms with van der Waals surface area (Å²) in [7, 11) is 1.66. The zero-order valence-electron chi connectivity index (χ0n) is 14.3. The normalized spacial score (nSPS) is 15.2. The summed E-state index contributed by atoms with van der Waals surface area (Å²) in [4.78, 5) is 4.36. The van der Waals surface area contributed by atoms with E-state index in [1.54, 1.807) is 13.2 Å². The van der Waals surface area contributed by atoms with E-state index in [9.17, 15) is 0 Å². The van der Waals surface area contributed by atoms with Crippen LogP contribution in [0.2, 0.25) is 0 Å². The van der Waals surface area contributed by atoms with Gasteiger partial charge in [0.05, 0.1) is 30.8 Å². The Bertz CT molecular complexity index is 765. The van der Waals surface area contributed by atoms with Crippen LogP contribution < -0.4 is 9.47 Å². The lowest BCUT2D eigenvalue weighted by Gasteiger charge is -2.16. The Morgan fingerprint density at radius 2 is 1.88 bits per heavy atom. The summed E-state index contributed by atoms with van der Waals surface area (Å²) in [6, 6.07) is 11.4. The van der Waals surface area contributed by atoms with Gasteiger partial charge in [-0.1, -0.05) is 23.4 Å². The van der Waals surface area contributed by atoms with Gasteiger partial charge in [-0.25, -0.2) is 4.98 Å². The topological polar surface area (TPSA) is 63.9 Å². The van der Waals surface area contributed by atoms with Crippen LogP contribution >= 0.6 is 0 Å². The molecule has 5 heteroatoms. The fourth-order valence-electron chi connectivity index (χ4n) is 2.95. The van der Waals surface area contributed by atoms with E-state index in [0.717, 1.165) is 35.6 Å². The van der Waals surface area contributed by atoms with Crippen molar-refractivity contribution in [2.75, 3.05) is 7.11 Å². The van der Waals surface area contributed by atoms with Crippen LogP contribution in [0, 0.1) is 0 Å². The molecule has 0 radical (unpaired) electrons. The fraction of sp³-hybridized carbons (Fsp3) is 0.300. The molecule has 2 aromatic rings. The van der Waals surface area contributed by atoms with Crippen LogP contribution in [0.5, 0.6) is 11.5 Å². The molecular weight excluding hydrogens is 316 g/mol. The Kier molecular flexibility index (Phi) is 5.67. The minimum Gasteiger partial charge on any atom is -0.493 e. The van der Waals surface area contributed by atoms with E-state index in [4.69, 9.17) is 14.7 Å². The van der Waals surface area contributed by atoms with Crippen LogP contribution in [0.1, 0.15) is 42.6 Å². The number of methoxy groups -OCH3 is 1. The number of ether oxygens (including phenoxy) is 2. The average molecular weight is 338 g/mol. The molecular formula is C20H22N2O3. The summed E-state index contributed by atoms with van der Waals surface area (Å²) in [5.41, 5.74) is 2.40. The van der Waals surface area contributed by atoms with Gasteiger partial charge in [0.1, 0.15) is 0 Å². The molecule has 1 saturated carbocycles. The Morgan fingerprint density at radius 1 is 1.08 bits per heavy atom. The summed E-state index contributed by atoms with van der Waals surface area (Å²) in [5, 5.41) is 11.6. The first-order chi connectivity index (χ1) is 12.3. The number of pyridine rings is 1. The molecule has 1 aromatic carbocycles. The van der Waals surface area contributed by atoms with Crippen molar-refractivity contribution < 1.29 is 14.7 Å². The number of hydrogen-bond acceptors (Lipinski definition) is 5. The van der Waals surface area contributed by atoms with Gasteiger partial charge < -0.3 is 14.7 Å². The lowest BCUT2D eigenvalue weighted by molar-refractivity contribution is 0.201. The van der Waals surface area contributed by atoms with E-state index < -0.39 is 0 Å². The first-order valence-corrected chi connectivity index (χ1v) is 8.46. The third kappa shape index (κ3) is 4.59. The molecule has 0 saturated heterocycles. The van der Waals surface area contributed by atoms with Gasteiger partial charge in [0, 0.05) is 0 Å². The third-order valence-electron chi connectivity index (χ3n) is 4.21. The summed E-state index contributed by atoms with van der Waals surface area (Å²) in [5.74, 6) is 1.54. The zero-order chi connectivity index (χ0) is 17.5. The van der Waals surface area contributed by atoms with Crippen molar-refractivity contribution >= 4 is 18.4 Å². The molecule has 0 unspecified atom stereocenters. The predicted octanol–water partition coefficient (Wildman–Crippen LogP) is 4.39. The molecule has 5 nitrogen and oxygen atoms in total. The van der Waals surface area contributed by atoms with E-state index in [0.29, 0.717) is 5.69 Å². The molecule has 1 aliphatic carbocycles. The highest BCUT2D eigenvalue weighted by atomic mass is 16.5. The first-order valence-electron chi connectivity index (χ1n) is 8.46. The van der Waals surface area contributed by atoms with Gasteiger partial charge in [-0.3, -0.25) is 0 Å². The highest BCUT2D eigenvalue weighted by Crippen LogP contribution is 2.32. The Balaban J connectivity index is 1.78. The lowest BCUT2D eigenvalue weighted by atomic mass is 10.1. The number of benzene rings is 1. The minimum atomic E-state index is 0.282. The Hall–Kier alpha value is -2.82. The van der Waals surface area contributed by atoms with Crippen LogP contribution in [-0.2, 0) is 0 Å². The molecule has 1 aromatic heterocycles. The second-order valence-electron chi connectivity index (χ2n) is 6.00. The molecule has 1 heterocycles. The standard InChI is InChI=1S/C20H22N2O3/c1-24-19-12-10-15(13-20(19)25-18-7-2-3-8-18)9-11-16-5-4-6-17(22-16)14-21-23/h4-6,9-14,18,23H,2-3,7-8H2,1H3/b11-9-,21-14+. The summed E-state index contributed by atoms with van der Waals surface area (Å²) >= 11 is 0. The molecule has 0 aliphatic heterocycles. The number of aromatic nitrogens is 1. The van der Waals surface area contributed by atoms with Crippen molar-refractivity contribution in [3.05, 3.63) is 53.3 Å². The lowest BCUT2D eigenvalue weighted by Crippen LogP contribution is -2.11. The quantitative estimate of drug-likeness (QED) is 0.482. The minimum absolute atomic E-state index is 0.282. The molecule has 1 N–H and O–H groups in total. The molecule has 0 amide bonds. The van der Waals surface area contributed by atoms with Gasteiger partial charge in [0.25, 0.3) is 0 Å². The third-order valence-corrected chi connectivity index (χ3v) is 4.21. The maximum absolute atomic E-state index is 8.60. The molecule has 0 spiro atoms. The van der Waals surface area contributed by atoms with Crippen molar-refractivity contribution in [1.82, 2.24) is 4.98 Å². The van der Waals surface area contributed by atoms with Gasteiger partial charge in [0.15, 0.2) is 11.5 Å². The van der Waals surface area contributed by atoms with Crippen molar-refractivity contribution in [1.29, 1.82) is 0 Å². The molecule has 1 fully saturated rings. The summed E-state index contributed by atoms with van der Waals surface area (Å²) in [6.07, 6.45) is 10.1. The SMILES string of the molecule is COc1ccc(/C=C\c2cccc(/C=N/O)n2)cc1OC1CCCC1. The van der Waals surface area contributed by atoms with Crippen molar-refractivity contribution in [3.63, 3.8) is 0 Å². The van der Waals surface area contributed by atoms with Crippen LogP contribution in [0.15, 0.2) is 41.6 Å². The van der Waals surface area contributed by atoms with Gasteiger partial charge in [-0.05, 0) is 61.6 Å². The maximum Gasteiger partial charge on any atom is 0.162 e. The van der Waals surface area contributed by atoms with E-state index in [-0.39, 0.29) is 6.10 Å². The summed E-state index contributed by atoms with van der Waals surface area (Å²) < 4.78 is 11.5.